The Morgan fingerprint density at radius 3 is 2.65 bits per heavy atom. The summed E-state index contributed by atoms with van der Waals surface area (Å²) in [6.07, 6.45) is 2.58. The maximum atomic E-state index is 12.8. The molecule has 2 aromatic heterocycles. The molecule has 0 bridgehead atoms. The van der Waals surface area contributed by atoms with Crippen LogP contribution < -0.4 is 5.32 Å². The zero-order chi connectivity index (χ0) is 21.8. The minimum Gasteiger partial charge on any atom is -0.350 e. The van der Waals surface area contributed by atoms with Crippen LogP contribution in [-0.2, 0) is 17.9 Å². The SMILES string of the molecule is CC1CCN(Cc2ccc(CNC(=O)C(C)n3c(-c4cccs4)n[nH]c3=S)cc2)CC1. The van der Waals surface area contributed by atoms with Crippen LogP contribution in [0.2, 0.25) is 0 Å². The van der Waals surface area contributed by atoms with Crippen LogP contribution in [0.25, 0.3) is 10.7 Å². The van der Waals surface area contributed by atoms with Crippen molar-refractivity contribution < 1.29 is 4.79 Å². The number of amides is 1. The fourth-order valence-corrected chi connectivity index (χ4v) is 4.94. The van der Waals surface area contributed by atoms with Crippen LogP contribution in [-0.4, -0.2) is 38.7 Å². The zero-order valence-corrected chi connectivity index (χ0v) is 19.6. The van der Waals surface area contributed by atoms with E-state index in [1.807, 2.05) is 24.4 Å². The van der Waals surface area contributed by atoms with Crippen molar-refractivity contribution in [3.05, 3.63) is 57.7 Å². The van der Waals surface area contributed by atoms with Crippen molar-refractivity contribution >= 4 is 29.5 Å². The van der Waals surface area contributed by atoms with E-state index in [1.54, 1.807) is 15.9 Å². The number of nitrogens with one attached hydrogen (secondary N) is 2. The first-order chi connectivity index (χ1) is 15.0. The smallest absolute Gasteiger partial charge is 0.243 e. The molecule has 1 atom stereocenters. The van der Waals surface area contributed by atoms with Crippen molar-refractivity contribution in [3.63, 3.8) is 0 Å². The van der Waals surface area contributed by atoms with E-state index in [9.17, 15) is 4.79 Å². The zero-order valence-electron chi connectivity index (χ0n) is 18.0. The van der Waals surface area contributed by atoms with Crippen molar-refractivity contribution in [2.75, 3.05) is 13.1 Å². The molecule has 0 radical (unpaired) electrons. The van der Waals surface area contributed by atoms with Crippen LogP contribution in [0.4, 0.5) is 0 Å². The number of nitrogens with zero attached hydrogens (tertiary/aromatic N) is 3. The molecule has 1 saturated heterocycles. The first kappa shape index (κ1) is 21.9. The molecule has 2 N–H and O–H groups in total. The predicted molar refractivity (Wildman–Crippen MR) is 127 cm³/mol. The van der Waals surface area contributed by atoms with E-state index in [-0.39, 0.29) is 5.91 Å². The van der Waals surface area contributed by atoms with Crippen LogP contribution >= 0.6 is 23.6 Å². The molecule has 4 rings (SSSR count). The third-order valence-corrected chi connectivity index (χ3v) is 7.14. The summed E-state index contributed by atoms with van der Waals surface area (Å²) in [5.41, 5.74) is 2.41. The molecule has 3 aromatic rings. The van der Waals surface area contributed by atoms with Gasteiger partial charge in [-0.15, -0.1) is 11.3 Å². The average Bonchev–Trinajstić information content (AvgIpc) is 3.44. The normalized spacial score (nSPS) is 16.3. The van der Waals surface area contributed by atoms with E-state index in [1.165, 1.54) is 31.5 Å². The monoisotopic (exact) mass is 455 g/mol. The van der Waals surface area contributed by atoms with E-state index in [0.717, 1.165) is 22.9 Å². The summed E-state index contributed by atoms with van der Waals surface area (Å²) in [5.74, 6) is 1.46. The van der Waals surface area contributed by atoms with E-state index in [4.69, 9.17) is 12.2 Å². The van der Waals surface area contributed by atoms with Gasteiger partial charge >= 0.3 is 0 Å². The molecule has 8 heteroatoms. The van der Waals surface area contributed by atoms with E-state index < -0.39 is 6.04 Å². The molecule has 1 unspecified atom stereocenters. The van der Waals surface area contributed by atoms with E-state index >= 15 is 0 Å². The van der Waals surface area contributed by atoms with Crippen molar-refractivity contribution in [3.8, 4) is 10.7 Å². The largest absolute Gasteiger partial charge is 0.350 e. The summed E-state index contributed by atoms with van der Waals surface area (Å²) in [5, 5.41) is 12.2. The number of aromatic nitrogens is 3. The highest BCUT2D eigenvalue weighted by molar-refractivity contribution is 7.71. The first-order valence-corrected chi connectivity index (χ1v) is 12.1. The number of likely N-dealkylation sites (tertiary alicyclic amines) is 1. The number of hydrogen-bond acceptors (Lipinski definition) is 5. The van der Waals surface area contributed by atoms with Gasteiger partial charge in [0.1, 0.15) is 6.04 Å². The van der Waals surface area contributed by atoms with Crippen molar-refractivity contribution in [2.45, 2.75) is 45.8 Å². The number of rotatable bonds is 7. The van der Waals surface area contributed by atoms with Crippen LogP contribution in [0.3, 0.4) is 0 Å². The van der Waals surface area contributed by atoms with Crippen LogP contribution in [0, 0.1) is 10.7 Å². The van der Waals surface area contributed by atoms with Crippen LogP contribution in [0.5, 0.6) is 0 Å². The first-order valence-electron chi connectivity index (χ1n) is 10.8. The Labute approximate surface area is 192 Å². The highest BCUT2D eigenvalue weighted by atomic mass is 32.1. The lowest BCUT2D eigenvalue weighted by molar-refractivity contribution is -0.124. The summed E-state index contributed by atoms with van der Waals surface area (Å²) in [6, 6.07) is 12.0. The van der Waals surface area contributed by atoms with Gasteiger partial charge in [-0.05, 0) is 73.6 Å². The number of hydrogen-bond donors (Lipinski definition) is 2. The van der Waals surface area contributed by atoms with Gasteiger partial charge in [0, 0.05) is 13.1 Å². The molecule has 0 aliphatic carbocycles. The minimum absolute atomic E-state index is 0.0816. The molecule has 1 amide bonds. The minimum atomic E-state index is -0.455. The lowest BCUT2D eigenvalue weighted by atomic mass is 9.99. The summed E-state index contributed by atoms with van der Waals surface area (Å²) in [6.45, 7) is 8.04. The number of piperidine rings is 1. The van der Waals surface area contributed by atoms with Gasteiger partial charge in [-0.2, -0.15) is 5.10 Å². The lowest BCUT2D eigenvalue weighted by Gasteiger charge is -2.30. The Bertz CT molecular complexity index is 1050. The number of thiophene rings is 1. The Morgan fingerprint density at radius 2 is 1.97 bits per heavy atom. The molecule has 3 heterocycles. The molecule has 1 aromatic carbocycles. The highest BCUT2D eigenvalue weighted by Crippen LogP contribution is 2.25. The second-order valence-electron chi connectivity index (χ2n) is 8.37. The molecule has 1 aliphatic rings. The molecule has 0 spiro atoms. The molecule has 1 aliphatic heterocycles. The lowest BCUT2D eigenvalue weighted by Crippen LogP contribution is -2.32. The summed E-state index contributed by atoms with van der Waals surface area (Å²) in [7, 11) is 0. The van der Waals surface area contributed by atoms with E-state index in [2.05, 4.69) is 51.6 Å². The fourth-order valence-electron chi connectivity index (χ4n) is 3.94. The Morgan fingerprint density at radius 1 is 1.26 bits per heavy atom. The molecular formula is C23H29N5OS2. The quantitative estimate of drug-likeness (QED) is 0.503. The molecule has 164 valence electrons. The number of benzene rings is 1. The van der Waals surface area contributed by atoms with Gasteiger partial charge in [-0.3, -0.25) is 19.4 Å². The third-order valence-electron chi connectivity index (χ3n) is 5.98. The second-order valence-corrected chi connectivity index (χ2v) is 9.70. The maximum Gasteiger partial charge on any atom is 0.243 e. The molecule has 0 saturated carbocycles. The fraction of sp³-hybridized carbons (Fsp3) is 0.435. The number of carbonyl (C=O) groups excluding carboxylic acids is 1. The Kier molecular flexibility index (Phi) is 6.99. The summed E-state index contributed by atoms with van der Waals surface area (Å²) >= 11 is 6.95. The van der Waals surface area contributed by atoms with Crippen molar-refractivity contribution in [1.29, 1.82) is 0 Å². The van der Waals surface area contributed by atoms with Gasteiger partial charge in [0.2, 0.25) is 5.91 Å². The predicted octanol–water partition coefficient (Wildman–Crippen LogP) is 4.78. The number of H-pyrrole nitrogens is 1. The second kappa shape index (κ2) is 9.89. The standard InChI is InChI=1S/C23H29N5OS2/c1-16-9-11-27(12-10-16)15-19-7-5-18(6-8-19)14-24-22(29)17(2)28-21(25-26-23(28)30)20-4-3-13-31-20/h3-8,13,16-17H,9-12,14-15H2,1-2H3,(H,24,29)(H,26,30). The molecule has 6 nitrogen and oxygen atoms in total. The highest BCUT2D eigenvalue weighted by Gasteiger charge is 2.21. The molecular weight excluding hydrogens is 426 g/mol. The molecule has 31 heavy (non-hydrogen) atoms. The average molecular weight is 456 g/mol. The van der Waals surface area contributed by atoms with Gasteiger partial charge < -0.3 is 5.32 Å². The van der Waals surface area contributed by atoms with Gasteiger partial charge in [0.05, 0.1) is 4.88 Å². The van der Waals surface area contributed by atoms with Gasteiger partial charge in [-0.25, -0.2) is 0 Å². The molecule has 1 fully saturated rings. The Balaban J connectivity index is 1.34. The van der Waals surface area contributed by atoms with Crippen LogP contribution in [0.15, 0.2) is 41.8 Å². The van der Waals surface area contributed by atoms with Crippen LogP contribution in [0.1, 0.15) is 43.9 Å². The third kappa shape index (κ3) is 5.31. The van der Waals surface area contributed by atoms with Crippen molar-refractivity contribution in [1.82, 2.24) is 25.0 Å². The summed E-state index contributed by atoms with van der Waals surface area (Å²) in [4.78, 5) is 16.3. The number of aromatic amines is 1. The number of carbonyl (C=O) groups is 1. The Hall–Kier alpha value is -2.29. The van der Waals surface area contributed by atoms with Gasteiger partial charge in [0.25, 0.3) is 0 Å². The van der Waals surface area contributed by atoms with Gasteiger partial charge in [-0.1, -0.05) is 37.3 Å². The summed E-state index contributed by atoms with van der Waals surface area (Å²) < 4.78 is 2.22. The topological polar surface area (TPSA) is 66.0 Å². The van der Waals surface area contributed by atoms with E-state index in [0.29, 0.717) is 17.1 Å². The van der Waals surface area contributed by atoms with Gasteiger partial charge in [0.15, 0.2) is 10.6 Å². The van der Waals surface area contributed by atoms with Crippen molar-refractivity contribution in [2.24, 2.45) is 5.92 Å². The maximum absolute atomic E-state index is 12.8.